The molecule has 0 aromatic heterocycles. The van der Waals surface area contributed by atoms with Crippen LogP contribution in [0.1, 0.15) is 25.3 Å². The van der Waals surface area contributed by atoms with Crippen LogP contribution >= 0.6 is 0 Å². The normalized spacial score (nSPS) is 21.6. The maximum absolute atomic E-state index is 11.1. The average molecular weight is 288 g/mol. The minimum Gasteiger partial charge on any atom is -0.497 e. The van der Waals surface area contributed by atoms with Crippen molar-refractivity contribution in [3.63, 3.8) is 0 Å². The van der Waals surface area contributed by atoms with Gasteiger partial charge in [0.15, 0.2) is 0 Å². The molecule has 2 aliphatic heterocycles. The third kappa shape index (κ3) is 3.05. The van der Waals surface area contributed by atoms with Crippen molar-refractivity contribution < 1.29 is 9.53 Å². The third-order valence-electron chi connectivity index (χ3n) is 4.69. The van der Waals surface area contributed by atoms with Gasteiger partial charge in [-0.2, -0.15) is 0 Å². The summed E-state index contributed by atoms with van der Waals surface area (Å²) in [5, 5.41) is 0. The molecule has 0 amide bonds. The highest BCUT2D eigenvalue weighted by molar-refractivity contribution is 5.75. The van der Waals surface area contributed by atoms with Gasteiger partial charge in [0.1, 0.15) is 11.5 Å². The molecule has 0 bridgehead atoms. The second-order valence-electron chi connectivity index (χ2n) is 6.13. The summed E-state index contributed by atoms with van der Waals surface area (Å²) in [6, 6.07) is 7.02. The van der Waals surface area contributed by atoms with Crippen LogP contribution in [0.3, 0.4) is 0 Å². The van der Waals surface area contributed by atoms with Crippen LogP contribution in [-0.4, -0.2) is 50.0 Å². The summed E-state index contributed by atoms with van der Waals surface area (Å²) in [4.78, 5) is 16.1. The van der Waals surface area contributed by atoms with Crippen LogP contribution < -0.4 is 9.64 Å². The number of rotatable bonds is 4. The van der Waals surface area contributed by atoms with E-state index in [9.17, 15) is 4.79 Å². The summed E-state index contributed by atoms with van der Waals surface area (Å²) in [6.07, 6.45) is 2.99. The van der Waals surface area contributed by atoms with Gasteiger partial charge in [0, 0.05) is 44.3 Å². The van der Waals surface area contributed by atoms with Crippen molar-refractivity contribution in [1.82, 2.24) is 4.90 Å². The zero-order chi connectivity index (χ0) is 14.8. The van der Waals surface area contributed by atoms with E-state index < -0.39 is 0 Å². The van der Waals surface area contributed by atoms with Gasteiger partial charge in [0.05, 0.1) is 7.11 Å². The molecule has 0 aliphatic carbocycles. The average Bonchev–Trinajstić information content (AvgIpc) is 2.51. The Balaban J connectivity index is 1.69. The molecule has 2 aliphatic rings. The van der Waals surface area contributed by atoms with Gasteiger partial charge >= 0.3 is 0 Å². The van der Waals surface area contributed by atoms with Gasteiger partial charge < -0.3 is 9.64 Å². The van der Waals surface area contributed by atoms with Gasteiger partial charge in [-0.3, -0.25) is 9.69 Å². The zero-order valence-electron chi connectivity index (χ0n) is 13.0. The number of ketones is 1. The summed E-state index contributed by atoms with van der Waals surface area (Å²) in [5.74, 6) is 1.24. The van der Waals surface area contributed by atoms with Crippen molar-refractivity contribution in [2.45, 2.75) is 32.2 Å². The first-order valence-corrected chi connectivity index (χ1v) is 7.82. The lowest BCUT2D eigenvalue weighted by atomic mass is 9.93. The van der Waals surface area contributed by atoms with Gasteiger partial charge in [-0.15, -0.1) is 0 Å². The molecular formula is C17H24N2O2. The highest BCUT2D eigenvalue weighted by atomic mass is 16.5. The number of methoxy groups -OCH3 is 1. The van der Waals surface area contributed by atoms with E-state index >= 15 is 0 Å². The quantitative estimate of drug-likeness (QED) is 0.849. The molecule has 4 nitrogen and oxygen atoms in total. The van der Waals surface area contributed by atoms with Gasteiger partial charge in [-0.05, 0) is 43.5 Å². The predicted molar refractivity (Wildman–Crippen MR) is 84.2 cm³/mol. The fourth-order valence-electron chi connectivity index (χ4n) is 3.49. The monoisotopic (exact) mass is 288 g/mol. The van der Waals surface area contributed by atoms with E-state index in [0.29, 0.717) is 18.2 Å². The molecule has 1 unspecified atom stereocenters. The van der Waals surface area contributed by atoms with E-state index in [1.54, 1.807) is 14.0 Å². The van der Waals surface area contributed by atoms with Crippen LogP contribution in [0.5, 0.6) is 5.75 Å². The Kier molecular flexibility index (Phi) is 4.15. The van der Waals surface area contributed by atoms with Crippen LogP contribution in [0, 0.1) is 0 Å². The van der Waals surface area contributed by atoms with Crippen molar-refractivity contribution in [1.29, 1.82) is 0 Å². The second kappa shape index (κ2) is 6.06. The minimum atomic E-state index is 0.290. The van der Waals surface area contributed by atoms with Gasteiger partial charge in [-0.1, -0.05) is 0 Å². The fourth-order valence-corrected chi connectivity index (χ4v) is 3.49. The van der Waals surface area contributed by atoms with Crippen LogP contribution in [0.15, 0.2) is 18.2 Å². The van der Waals surface area contributed by atoms with Crippen LogP contribution in [0.4, 0.5) is 5.69 Å². The van der Waals surface area contributed by atoms with Crippen molar-refractivity contribution in [2.75, 3.05) is 38.2 Å². The van der Waals surface area contributed by atoms with Crippen molar-refractivity contribution in [3.05, 3.63) is 23.8 Å². The van der Waals surface area contributed by atoms with E-state index in [2.05, 4.69) is 28.0 Å². The lowest BCUT2D eigenvalue weighted by Crippen LogP contribution is -2.55. The third-order valence-corrected chi connectivity index (χ3v) is 4.69. The molecule has 2 heterocycles. The maximum atomic E-state index is 11.1. The van der Waals surface area contributed by atoms with E-state index in [0.717, 1.165) is 38.3 Å². The zero-order valence-corrected chi connectivity index (χ0v) is 13.0. The highest BCUT2D eigenvalue weighted by Crippen LogP contribution is 2.34. The molecule has 3 rings (SSSR count). The molecule has 4 heteroatoms. The molecule has 1 aromatic carbocycles. The molecule has 0 N–H and O–H groups in total. The summed E-state index contributed by atoms with van der Waals surface area (Å²) in [6.45, 7) is 5.78. The first-order valence-electron chi connectivity index (χ1n) is 7.82. The molecule has 1 fully saturated rings. The van der Waals surface area contributed by atoms with Gasteiger partial charge in [0.2, 0.25) is 0 Å². The van der Waals surface area contributed by atoms with E-state index in [1.807, 2.05) is 0 Å². The number of nitrogens with zero attached hydrogens (tertiary/aromatic N) is 2. The Bertz CT molecular complexity index is 530. The van der Waals surface area contributed by atoms with Crippen molar-refractivity contribution in [2.24, 2.45) is 0 Å². The molecule has 1 aromatic rings. The number of anilines is 1. The number of fused-ring (bicyclic) bond motifs is 3. The Morgan fingerprint density at radius 1 is 1.38 bits per heavy atom. The number of hydrogen-bond acceptors (Lipinski definition) is 4. The Labute approximate surface area is 126 Å². The lowest BCUT2D eigenvalue weighted by molar-refractivity contribution is -0.117. The molecule has 0 radical (unpaired) electrons. The Hall–Kier alpha value is -1.55. The van der Waals surface area contributed by atoms with E-state index in [1.165, 1.54) is 17.7 Å². The van der Waals surface area contributed by atoms with Crippen molar-refractivity contribution in [3.8, 4) is 5.75 Å². The lowest BCUT2D eigenvalue weighted by Gasteiger charge is -2.46. The van der Waals surface area contributed by atoms with Crippen LogP contribution in [-0.2, 0) is 11.2 Å². The molecule has 114 valence electrons. The summed E-state index contributed by atoms with van der Waals surface area (Å²) in [7, 11) is 1.72. The number of hydrogen-bond donors (Lipinski definition) is 0. The number of Topliss-reactive ketones (excluding diaryl/α,β-unsaturated/α-hetero) is 1. The van der Waals surface area contributed by atoms with Crippen LogP contribution in [0.2, 0.25) is 0 Å². The first kappa shape index (κ1) is 14.4. The largest absolute Gasteiger partial charge is 0.497 e. The topological polar surface area (TPSA) is 32.8 Å². The molecule has 0 saturated carbocycles. The summed E-state index contributed by atoms with van der Waals surface area (Å²) in [5.41, 5.74) is 2.78. The minimum absolute atomic E-state index is 0.290. The van der Waals surface area contributed by atoms with Crippen LogP contribution in [0.25, 0.3) is 0 Å². The van der Waals surface area contributed by atoms with E-state index in [4.69, 9.17) is 4.74 Å². The molecule has 1 atom stereocenters. The molecule has 21 heavy (non-hydrogen) atoms. The van der Waals surface area contributed by atoms with Gasteiger partial charge in [0.25, 0.3) is 0 Å². The Morgan fingerprint density at radius 3 is 3.00 bits per heavy atom. The first-order chi connectivity index (χ1) is 10.2. The number of benzene rings is 1. The SMILES string of the molecule is COc1ccc2c(c1)CCC1CN(CCC(C)=O)CCN21. The predicted octanol–water partition coefficient (Wildman–Crippen LogP) is 2.11. The molecular weight excluding hydrogens is 264 g/mol. The number of carbonyl (C=O) groups excluding carboxylic acids is 1. The smallest absolute Gasteiger partial charge is 0.131 e. The van der Waals surface area contributed by atoms with E-state index in [-0.39, 0.29) is 0 Å². The summed E-state index contributed by atoms with van der Waals surface area (Å²) >= 11 is 0. The number of piperazine rings is 1. The molecule has 1 saturated heterocycles. The number of aryl methyl sites for hydroxylation is 1. The van der Waals surface area contributed by atoms with Crippen molar-refractivity contribution >= 4 is 11.5 Å². The highest BCUT2D eigenvalue weighted by Gasteiger charge is 2.31. The standard InChI is InChI=1S/C17H24N2O2/c1-13(20)7-8-18-9-10-19-15(12-18)4-3-14-11-16(21-2)5-6-17(14)19/h5-6,11,15H,3-4,7-10,12H2,1-2H3. The number of carbonyl (C=O) groups is 1. The Morgan fingerprint density at radius 2 is 2.24 bits per heavy atom. The fraction of sp³-hybridized carbons (Fsp3) is 0.588. The maximum Gasteiger partial charge on any atom is 0.131 e. The number of ether oxygens (including phenoxy) is 1. The molecule has 0 spiro atoms. The summed E-state index contributed by atoms with van der Waals surface area (Å²) < 4.78 is 5.33. The second-order valence-corrected chi connectivity index (χ2v) is 6.13. The van der Waals surface area contributed by atoms with Gasteiger partial charge in [-0.25, -0.2) is 0 Å².